The van der Waals surface area contributed by atoms with Crippen molar-refractivity contribution in [2.24, 2.45) is 0 Å². The molecule has 3 rings (SSSR count). The summed E-state index contributed by atoms with van der Waals surface area (Å²) in [6.45, 7) is 5.75. The van der Waals surface area contributed by atoms with E-state index in [1.165, 1.54) is 36.4 Å². The van der Waals surface area contributed by atoms with Crippen molar-refractivity contribution in [3.05, 3.63) is 82.4 Å². The van der Waals surface area contributed by atoms with Crippen LogP contribution in [0.25, 0.3) is 0 Å². The SMILES string of the molecule is C=CCn1c(CC(=O)Nc2ccc(F)cc2)nnc1SCC(=O)Nc1cc([N+](=O)[O-])ccc1C. The minimum atomic E-state index is -0.532. The molecule has 0 aliphatic heterocycles. The van der Waals surface area contributed by atoms with Crippen LogP contribution >= 0.6 is 11.8 Å². The van der Waals surface area contributed by atoms with Gasteiger partial charge in [-0.25, -0.2) is 4.39 Å². The third-order valence-electron chi connectivity index (χ3n) is 4.59. The second-order valence-corrected chi connectivity index (χ2v) is 8.07. The number of carbonyl (C=O) groups is 2. The van der Waals surface area contributed by atoms with Gasteiger partial charge in [0, 0.05) is 24.4 Å². The lowest BCUT2D eigenvalue weighted by atomic mass is 10.2. The second-order valence-electron chi connectivity index (χ2n) is 7.12. The molecule has 10 nitrogen and oxygen atoms in total. The van der Waals surface area contributed by atoms with E-state index >= 15 is 0 Å². The Morgan fingerprint density at radius 3 is 2.59 bits per heavy atom. The molecule has 176 valence electrons. The molecule has 0 fully saturated rings. The quantitative estimate of drug-likeness (QED) is 0.194. The average Bonchev–Trinajstić information content (AvgIpc) is 3.16. The monoisotopic (exact) mass is 484 g/mol. The van der Waals surface area contributed by atoms with Gasteiger partial charge in [-0.2, -0.15) is 0 Å². The fraction of sp³-hybridized carbons (Fsp3) is 0.182. The molecule has 12 heteroatoms. The van der Waals surface area contributed by atoms with Crippen LogP contribution in [-0.4, -0.2) is 37.3 Å². The van der Waals surface area contributed by atoms with Gasteiger partial charge in [-0.15, -0.1) is 16.8 Å². The number of halogens is 1. The second kappa shape index (κ2) is 11.2. The number of anilines is 2. The molecule has 2 aromatic carbocycles. The third kappa shape index (κ3) is 6.48. The molecule has 2 amide bonds. The average molecular weight is 485 g/mol. The molecule has 1 heterocycles. The van der Waals surface area contributed by atoms with Crippen molar-refractivity contribution >= 4 is 40.6 Å². The minimum absolute atomic E-state index is 0.0286. The molecule has 1 aromatic heterocycles. The maximum absolute atomic E-state index is 13.0. The molecule has 0 atom stereocenters. The first-order valence-corrected chi connectivity index (χ1v) is 11.0. The van der Waals surface area contributed by atoms with E-state index in [-0.39, 0.29) is 29.7 Å². The van der Waals surface area contributed by atoms with Gasteiger partial charge in [0.2, 0.25) is 11.8 Å². The first kappa shape index (κ1) is 24.6. The number of non-ortho nitro benzene ring substituents is 1. The summed E-state index contributed by atoms with van der Waals surface area (Å²) in [7, 11) is 0. The lowest BCUT2D eigenvalue weighted by Gasteiger charge is -2.10. The molecule has 0 bridgehead atoms. The van der Waals surface area contributed by atoms with Crippen LogP contribution in [0.1, 0.15) is 11.4 Å². The van der Waals surface area contributed by atoms with Crippen molar-refractivity contribution in [1.82, 2.24) is 14.8 Å². The highest BCUT2D eigenvalue weighted by atomic mass is 32.2. The molecular formula is C22H21FN6O4S. The van der Waals surface area contributed by atoms with Gasteiger partial charge < -0.3 is 15.2 Å². The predicted molar refractivity (Wildman–Crippen MR) is 126 cm³/mol. The van der Waals surface area contributed by atoms with E-state index < -0.39 is 10.7 Å². The normalized spacial score (nSPS) is 10.5. The summed E-state index contributed by atoms with van der Waals surface area (Å²) in [6, 6.07) is 9.61. The minimum Gasteiger partial charge on any atom is -0.326 e. The van der Waals surface area contributed by atoms with Crippen molar-refractivity contribution in [1.29, 1.82) is 0 Å². The number of rotatable bonds is 10. The van der Waals surface area contributed by atoms with Gasteiger partial charge in [0.05, 0.1) is 22.8 Å². The Kier molecular flexibility index (Phi) is 8.09. The van der Waals surface area contributed by atoms with E-state index in [2.05, 4.69) is 27.4 Å². The smallest absolute Gasteiger partial charge is 0.271 e. The molecule has 0 saturated carbocycles. The Balaban J connectivity index is 1.64. The molecule has 0 aliphatic carbocycles. The molecule has 0 saturated heterocycles. The topological polar surface area (TPSA) is 132 Å². The Bertz CT molecular complexity index is 1230. The first-order valence-electron chi connectivity index (χ1n) is 10.0. The summed E-state index contributed by atoms with van der Waals surface area (Å²) >= 11 is 1.11. The highest BCUT2D eigenvalue weighted by Crippen LogP contribution is 2.23. The van der Waals surface area contributed by atoms with Gasteiger partial charge in [0.25, 0.3) is 5.69 Å². The van der Waals surface area contributed by atoms with Crippen molar-refractivity contribution in [3.8, 4) is 0 Å². The Labute approximate surface area is 198 Å². The number of benzene rings is 2. The predicted octanol–water partition coefficient (Wildman–Crippen LogP) is 3.73. The van der Waals surface area contributed by atoms with Crippen LogP contribution in [0.3, 0.4) is 0 Å². The van der Waals surface area contributed by atoms with Crippen LogP contribution in [0, 0.1) is 22.9 Å². The standard InChI is InChI=1S/C22H21FN6O4S/c1-3-10-28-19(12-20(30)24-16-7-5-15(23)6-8-16)26-27-22(28)34-13-21(31)25-18-11-17(29(32)33)9-4-14(18)2/h3-9,11H,1,10,12-13H2,2H3,(H,24,30)(H,25,31). The summed E-state index contributed by atoms with van der Waals surface area (Å²) < 4.78 is 14.7. The summed E-state index contributed by atoms with van der Waals surface area (Å²) in [5.74, 6) is -0.803. The van der Waals surface area contributed by atoms with Gasteiger partial charge in [0.15, 0.2) is 5.16 Å². The van der Waals surface area contributed by atoms with Crippen LogP contribution in [-0.2, 0) is 22.6 Å². The van der Waals surface area contributed by atoms with Crippen LogP contribution in [0.4, 0.5) is 21.5 Å². The molecule has 0 unspecified atom stereocenters. The summed E-state index contributed by atoms with van der Waals surface area (Å²) in [6.07, 6.45) is 1.53. The van der Waals surface area contributed by atoms with Gasteiger partial charge in [-0.3, -0.25) is 19.7 Å². The van der Waals surface area contributed by atoms with E-state index in [0.717, 1.165) is 11.8 Å². The van der Waals surface area contributed by atoms with Crippen LogP contribution in [0.2, 0.25) is 0 Å². The van der Waals surface area contributed by atoms with Gasteiger partial charge in [-0.1, -0.05) is 23.9 Å². The van der Waals surface area contributed by atoms with Gasteiger partial charge in [-0.05, 0) is 36.8 Å². The van der Waals surface area contributed by atoms with Crippen molar-refractivity contribution < 1.29 is 18.9 Å². The number of allylic oxidation sites excluding steroid dienone is 1. The number of aromatic nitrogens is 3. The maximum Gasteiger partial charge on any atom is 0.271 e. The zero-order chi connectivity index (χ0) is 24.7. The van der Waals surface area contributed by atoms with Crippen LogP contribution in [0.15, 0.2) is 60.3 Å². The highest BCUT2D eigenvalue weighted by molar-refractivity contribution is 7.99. The van der Waals surface area contributed by atoms with E-state index in [1.54, 1.807) is 23.6 Å². The van der Waals surface area contributed by atoms with Crippen molar-refractivity contribution in [3.63, 3.8) is 0 Å². The highest BCUT2D eigenvalue weighted by Gasteiger charge is 2.17. The summed E-state index contributed by atoms with van der Waals surface area (Å²) in [5.41, 5.74) is 1.37. The number of nitrogens with zero attached hydrogens (tertiary/aromatic N) is 4. The van der Waals surface area contributed by atoms with E-state index in [0.29, 0.717) is 34.5 Å². The molecule has 0 aliphatic rings. The van der Waals surface area contributed by atoms with Crippen LogP contribution < -0.4 is 10.6 Å². The van der Waals surface area contributed by atoms with Gasteiger partial charge in [0.1, 0.15) is 11.6 Å². The summed E-state index contributed by atoms with van der Waals surface area (Å²) in [5, 5.41) is 24.8. The molecule has 34 heavy (non-hydrogen) atoms. The number of nitro benzene ring substituents is 1. The fourth-order valence-electron chi connectivity index (χ4n) is 2.93. The fourth-order valence-corrected chi connectivity index (χ4v) is 3.69. The Hall–Kier alpha value is -4.06. The molecule has 0 radical (unpaired) electrons. The van der Waals surface area contributed by atoms with Crippen molar-refractivity contribution in [2.45, 2.75) is 25.0 Å². The third-order valence-corrected chi connectivity index (χ3v) is 5.56. The largest absolute Gasteiger partial charge is 0.326 e. The maximum atomic E-state index is 13.0. The van der Waals surface area contributed by atoms with E-state index in [9.17, 15) is 24.1 Å². The molecule has 3 aromatic rings. The number of thioether (sulfide) groups is 1. The molecule has 0 spiro atoms. The number of carbonyl (C=O) groups excluding carboxylic acids is 2. The zero-order valence-electron chi connectivity index (χ0n) is 18.2. The summed E-state index contributed by atoms with van der Waals surface area (Å²) in [4.78, 5) is 35.2. The molecular weight excluding hydrogens is 463 g/mol. The van der Waals surface area contributed by atoms with E-state index in [1.807, 2.05) is 0 Å². The lowest BCUT2D eigenvalue weighted by Crippen LogP contribution is -2.18. The van der Waals surface area contributed by atoms with Crippen LogP contribution in [0.5, 0.6) is 0 Å². The number of aryl methyl sites for hydroxylation is 1. The van der Waals surface area contributed by atoms with Crippen molar-refractivity contribution in [2.75, 3.05) is 16.4 Å². The van der Waals surface area contributed by atoms with Gasteiger partial charge >= 0.3 is 0 Å². The Morgan fingerprint density at radius 2 is 1.91 bits per heavy atom. The Morgan fingerprint density at radius 1 is 1.18 bits per heavy atom. The number of nitro groups is 1. The first-order chi connectivity index (χ1) is 16.3. The number of hydrogen-bond donors (Lipinski definition) is 2. The number of hydrogen-bond acceptors (Lipinski definition) is 7. The number of amides is 2. The molecule has 2 N–H and O–H groups in total. The zero-order valence-corrected chi connectivity index (χ0v) is 19.0. The number of nitrogens with one attached hydrogen (secondary N) is 2. The lowest BCUT2D eigenvalue weighted by molar-refractivity contribution is -0.384. The van der Waals surface area contributed by atoms with E-state index in [4.69, 9.17) is 0 Å².